The first-order valence-corrected chi connectivity index (χ1v) is 8.58. The van der Waals surface area contributed by atoms with Crippen LogP contribution in [-0.2, 0) is 14.9 Å². The molecule has 0 spiro atoms. The van der Waals surface area contributed by atoms with E-state index in [1.807, 2.05) is 14.0 Å². The quantitative estimate of drug-likeness (QED) is 0.539. The van der Waals surface area contributed by atoms with E-state index >= 15 is 0 Å². The van der Waals surface area contributed by atoms with Gasteiger partial charge < -0.3 is 10.1 Å². The molecule has 8 heteroatoms. The number of nitrogens with one attached hydrogen (secondary N) is 2. The Bertz CT molecular complexity index is 358. The number of morpholine rings is 1. The fourth-order valence-corrected chi connectivity index (χ4v) is 3.28. The van der Waals surface area contributed by atoms with Crippen molar-refractivity contribution in [3.63, 3.8) is 0 Å². The van der Waals surface area contributed by atoms with Gasteiger partial charge in [0.1, 0.15) is 0 Å². The Morgan fingerprint density at radius 1 is 1.35 bits per heavy atom. The van der Waals surface area contributed by atoms with E-state index in [1.165, 1.54) is 4.31 Å². The van der Waals surface area contributed by atoms with Crippen molar-refractivity contribution in [2.24, 2.45) is 0 Å². The molecule has 1 fully saturated rings. The van der Waals surface area contributed by atoms with Crippen molar-refractivity contribution in [2.45, 2.75) is 19.4 Å². The summed E-state index contributed by atoms with van der Waals surface area (Å²) in [6.45, 7) is 7.12. The van der Waals surface area contributed by atoms with Crippen LogP contribution in [0.4, 0.5) is 0 Å². The molecule has 0 aromatic rings. The number of ether oxygens (including phenoxy) is 1. The molecular formula is C12H28N4O3S. The molecule has 1 heterocycles. The van der Waals surface area contributed by atoms with Gasteiger partial charge in [0.25, 0.3) is 10.2 Å². The highest BCUT2D eigenvalue weighted by Gasteiger charge is 2.21. The SMILES string of the molecule is CNCCCN(C)S(=O)(=O)NC(C)CN1CCOCC1. The highest BCUT2D eigenvalue weighted by Crippen LogP contribution is 2.02. The van der Waals surface area contributed by atoms with E-state index in [0.717, 1.165) is 39.3 Å². The summed E-state index contributed by atoms with van der Waals surface area (Å²) < 4.78 is 33.6. The molecule has 1 atom stereocenters. The molecule has 0 radical (unpaired) electrons. The zero-order chi connectivity index (χ0) is 15.0. The lowest BCUT2D eigenvalue weighted by atomic mass is 10.3. The molecular weight excluding hydrogens is 280 g/mol. The van der Waals surface area contributed by atoms with Crippen LogP contribution >= 0.6 is 0 Å². The number of hydrogen-bond acceptors (Lipinski definition) is 5. The summed E-state index contributed by atoms with van der Waals surface area (Å²) >= 11 is 0. The van der Waals surface area contributed by atoms with Crippen molar-refractivity contribution in [3.05, 3.63) is 0 Å². The first-order chi connectivity index (χ1) is 9.45. The third-order valence-corrected chi connectivity index (χ3v) is 5.00. The van der Waals surface area contributed by atoms with Gasteiger partial charge in [0.15, 0.2) is 0 Å². The van der Waals surface area contributed by atoms with Crippen LogP contribution in [-0.4, -0.2) is 83.7 Å². The van der Waals surface area contributed by atoms with Gasteiger partial charge in [-0.3, -0.25) is 4.90 Å². The van der Waals surface area contributed by atoms with Crippen molar-refractivity contribution >= 4 is 10.2 Å². The lowest BCUT2D eigenvalue weighted by molar-refractivity contribution is 0.0353. The second kappa shape index (κ2) is 8.91. The Balaban J connectivity index is 2.35. The van der Waals surface area contributed by atoms with Crippen molar-refractivity contribution in [3.8, 4) is 0 Å². The lowest BCUT2D eigenvalue weighted by Crippen LogP contribution is -2.49. The van der Waals surface area contributed by atoms with Crippen LogP contribution in [0.3, 0.4) is 0 Å². The van der Waals surface area contributed by atoms with E-state index in [4.69, 9.17) is 4.74 Å². The molecule has 0 aromatic carbocycles. The van der Waals surface area contributed by atoms with Crippen molar-refractivity contribution in [2.75, 3.05) is 60.0 Å². The molecule has 1 saturated heterocycles. The Morgan fingerprint density at radius 3 is 2.60 bits per heavy atom. The fourth-order valence-electron chi connectivity index (χ4n) is 2.15. The second-order valence-electron chi connectivity index (χ2n) is 5.22. The zero-order valence-corrected chi connectivity index (χ0v) is 13.6. The van der Waals surface area contributed by atoms with Crippen LogP contribution < -0.4 is 10.0 Å². The topological polar surface area (TPSA) is 73.9 Å². The molecule has 0 amide bonds. The Hall–Kier alpha value is -0.250. The molecule has 0 saturated carbocycles. The number of nitrogens with zero attached hydrogens (tertiary/aromatic N) is 2. The molecule has 120 valence electrons. The Labute approximate surface area is 122 Å². The number of hydrogen-bond donors (Lipinski definition) is 2. The summed E-state index contributed by atoms with van der Waals surface area (Å²) in [6, 6.07) is -0.107. The molecule has 1 aliphatic rings. The molecule has 1 rings (SSSR count). The minimum absolute atomic E-state index is 0.107. The van der Waals surface area contributed by atoms with Crippen LogP contribution in [0, 0.1) is 0 Å². The van der Waals surface area contributed by atoms with Gasteiger partial charge >= 0.3 is 0 Å². The van der Waals surface area contributed by atoms with E-state index in [1.54, 1.807) is 7.05 Å². The molecule has 0 bridgehead atoms. The summed E-state index contributed by atoms with van der Waals surface area (Å²) in [6.07, 6.45) is 0.797. The van der Waals surface area contributed by atoms with Gasteiger partial charge in [-0.1, -0.05) is 0 Å². The van der Waals surface area contributed by atoms with Gasteiger partial charge in [0.05, 0.1) is 13.2 Å². The predicted molar refractivity (Wildman–Crippen MR) is 80.0 cm³/mol. The van der Waals surface area contributed by atoms with Crippen LogP contribution in [0.15, 0.2) is 0 Å². The lowest BCUT2D eigenvalue weighted by Gasteiger charge is -2.30. The maximum absolute atomic E-state index is 12.1. The van der Waals surface area contributed by atoms with E-state index in [2.05, 4.69) is 14.9 Å². The van der Waals surface area contributed by atoms with Gasteiger partial charge in [-0.25, -0.2) is 0 Å². The average molecular weight is 308 g/mol. The minimum Gasteiger partial charge on any atom is -0.379 e. The number of rotatable bonds is 9. The van der Waals surface area contributed by atoms with Gasteiger partial charge in [-0.15, -0.1) is 0 Å². The second-order valence-corrected chi connectivity index (χ2v) is 7.02. The van der Waals surface area contributed by atoms with Crippen LogP contribution in [0.1, 0.15) is 13.3 Å². The molecule has 20 heavy (non-hydrogen) atoms. The molecule has 7 nitrogen and oxygen atoms in total. The molecule has 1 aliphatic heterocycles. The van der Waals surface area contributed by atoms with Gasteiger partial charge in [0, 0.05) is 39.3 Å². The van der Waals surface area contributed by atoms with Crippen LogP contribution in [0.25, 0.3) is 0 Å². The van der Waals surface area contributed by atoms with E-state index in [-0.39, 0.29) is 6.04 Å². The standard InChI is InChI=1S/C12H28N4O3S/c1-12(11-16-7-9-19-10-8-16)14-20(17,18)15(3)6-4-5-13-2/h12-14H,4-11H2,1-3H3. The smallest absolute Gasteiger partial charge is 0.279 e. The summed E-state index contributed by atoms with van der Waals surface area (Å²) in [5.41, 5.74) is 0. The predicted octanol–water partition coefficient (Wildman–Crippen LogP) is -0.917. The summed E-state index contributed by atoms with van der Waals surface area (Å²) in [4.78, 5) is 2.22. The molecule has 2 N–H and O–H groups in total. The largest absolute Gasteiger partial charge is 0.379 e. The normalized spacial score (nSPS) is 19.4. The monoisotopic (exact) mass is 308 g/mol. The van der Waals surface area contributed by atoms with Gasteiger partial charge in [-0.2, -0.15) is 17.4 Å². The Kier molecular flexibility index (Phi) is 7.93. The highest BCUT2D eigenvalue weighted by molar-refractivity contribution is 7.87. The van der Waals surface area contributed by atoms with Crippen LogP contribution in [0.2, 0.25) is 0 Å². The van der Waals surface area contributed by atoms with E-state index in [0.29, 0.717) is 13.1 Å². The molecule has 0 aliphatic carbocycles. The third-order valence-electron chi connectivity index (χ3n) is 3.30. The maximum Gasteiger partial charge on any atom is 0.279 e. The molecule has 1 unspecified atom stereocenters. The summed E-state index contributed by atoms with van der Waals surface area (Å²) in [5.74, 6) is 0. The van der Waals surface area contributed by atoms with E-state index < -0.39 is 10.2 Å². The zero-order valence-electron chi connectivity index (χ0n) is 12.8. The van der Waals surface area contributed by atoms with Crippen molar-refractivity contribution < 1.29 is 13.2 Å². The van der Waals surface area contributed by atoms with E-state index in [9.17, 15) is 8.42 Å². The van der Waals surface area contributed by atoms with Crippen molar-refractivity contribution in [1.29, 1.82) is 0 Å². The maximum atomic E-state index is 12.1. The highest BCUT2D eigenvalue weighted by atomic mass is 32.2. The summed E-state index contributed by atoms with van der Waals surface area (Å²) in [7, 11) is 0.0757. The summed E-state index contributed by atoms with van der Waals surface area (Å²) in [5, 5.41) is 3.01. The Morgan fingerprint density at radius 2 is 2.00 bits per heavy atom. The first kappa shape index (κ1) is 17.8. The van der Waals surface area contributed by atoms with Crippen LogP contribution in [0.5, 0.6) is 0 Å². The fraction of sp³-hybridized carbons (Fsp3) is 1.00. The molecule has 0 aromatic heterocycles. The van der Waals surface area contributed by atoms with Gasteiger partial charge in [-0.05, 0) is 26.9 Å². The first-order valence-electron chi connectivity index (χ1n) is 7.14. The minimum atomic E-state index is -3.39. The van der Waals surface area contributed by atoms with Gasteiger partial charge in [0.2, 0.25) is 0 Å². The average Bonchev–Trinajstić information content (AvgIpc) is 2.39. The third kappa shape index (κ3) is 6.47. The van der Waals surface area contributed by atoms with Crippen molar-refractivity contribution in [1.82, 2.24) is 19.2 Å².